The molecule has 0 spiro atoms. The van der Waals surface area contributed by atoms with Crippen LogP contribution < -0.4 is 10.1 Å². The Labute approximate surface area is 147 Å². The van der Waals surface area contributed by atoms with Crippen molar-refractivity contribution in [3.05, 3.63) is 29.8 Å². The van der Waals surface area contributed by atoms with Gasteiger partial charge in [-0.1, -0.05) is 25.7 Å². The van der Waals surface area contributed by atoms with Gasteiger partial charge in [-0.15, -0.1) is 0 Å². The zero-order valence-electron chi connectivity index (χ0n) is 14.5. The zero-order valence-corrected chi connectivity index (χ0v) is 14.5. The SMILES string of the molecule is COc1ccc(C(=O)CCC(=O)NC2(C(=O)O)CCCCCC2)cc1. The van der Waals surface area contributed by atoms with Crippen LogP contribution >= 0.6 is 0 Å². The van der Waals surface area contributed by atoms with E-state index in [2.05, 4.69) is 5.32 Å². The number of rotatable bonds is 7. The maximum atomic E-state index is 12.2. The van der Waals surface area contributed by atoms with Crippen LogP contribution in [0.5, 0.6) is 5.75 Å². The van der Waals surface area contributed by atoms with Crippen molar-refractivity contribution >= 4 is 17.7 Å². The quantitative estimate of drug-likeness (QED) is 0.584. The molecule has 1 aliphatic carbocycles. The van der Waals surface area contributed by atoms with E-state index < -0.39 is 11.5 Å². The molecule has 1 aromatic rings. The van der Waals surface area contributed by atoms with Crippen molar-refractivity contribution in [3.8, 4) is 5.75 Å². The monoisotopic (exact) mass is 347 g/mol. The summed E-state index contributed by atoms with van der Waals surface area (Å²) in [5.74, 6) is -0.857. The van der Waals surface area contributed by atoms with Gasteiger partial charge in [-0.2, -0.15) is 0 Å². The number of ketones is 1. The van der Waals surface area contributed by atoms with Gasteiger partial charge in [0.2, 0.25) is 5.91 Å². The predicted molar refractivity (Wildman–Crippen MR) is 92.8 cm³/mol. The molecule has 0 radical (unpaired) electrons. The van der Waals surface area contributed by atoms with E-state index in [0.717, 1.165) is 25.7 Å². The molecule has 0 unspecified atom stereocenters. The van der Waals surface area contributed by atoms with Crippen molar-refractivity contribution in [3.63, 3.8) is 0 Å². The molecule has 2 N–H and O–H groups in total. The number of carbonyl (C=O) groups is 3. The highest BCUT2D eigenvalue weighted by molar-refractivity contribution is 5.98. The van der Waals surface area contributed by atoms with Gasteiger partial charge in [0.15, 0.2) is 5.78 Å². The molecule has 0 heterocycles. The van der Waals surface area contributed by atoms with Gasteiger partial charge in [0.1, 0.15) is 11.3 Å². The number of methoxy groups -OCH3 is 1. The maximum absolute atomic E-state index is 12.2. The first kappa shape index (κ1) is 19.0. The fraction of sp³-hybridized carbons (Fsp3) is 0.526. The van der Waals surface area contributed by atoms with Gasteiger partial charge in [-0.25, -0.2) is 4.79 Å². The third-order valence-corrected chi connectivity index (χ3v) is 4.74. The molecule has 2 rings (SSSR count). The third-order valence-electron chi connectivity index (χ3n) is 4.74. The van der Waals surface area contributed by atoms with E-state index in [1.807, 2.05) is 0 Å². The molecule has 0 atom stereocenters. The first-order chi connectivity index (χ1) is 12.0. The van der Waals surface area contributed by atoms with Gasteiger partial charge in [0, 0.05) is 18.4 Å². The number of hydrogen-bond donors (Lipinski definition) is 2. The Morgan fingerprint density at radius 3 is 2.16 bits per heavy atom. The fourth-order valence-corrected chi connectivity index (χ4v) is 3.20. The first-order valence-corrected chi connectivity index (χ1v) is 8.68. The molecule has 1 amide bonds. The van der Waals surface area contributed by atoms with Crippen molar-refractivity contribution in [2.24, 2.45) is 0 Å². The summed E-state index contributed by atoms with van der Waals surface area (Å²) in [7, 11) is 1.55. The maximum Gasteiger partial charge on any atom is 0.329 e. The largest absolute Gasteiger partial charge is 0.497 e. The van der Waals surface area contributed by atoms with E-state index >= 15 is 0 Å². The highest BCUT2D eigenvalue weighted by Gasteiger charge is 2.39. The van der Waals surface area contributed by atoms with Crippen LogP contribution in [0.3, 0.4) is 0 Å². The Kier molecular flexibility index (Phi) is 6.56. The number of carboxylic acid groups (broad SMARTS) is 1. The van der Waals surface area contributed by atoms with Crippen LogP contribution in [0.4, 0.5) is 0 Å². The van der Waals surface area contributed by atoms with Crippen molar-refractivity contribution < 1.29 is 24.2 Å². The summed E-state index contributed by atoms with van der Waals surface area (Å²) < 4.78 is 5.04. The molecule has 0 aromatic heterocycles. The lowest BCUT2D eigenvalue weighted by Gasteiger charge is -2.29. The summed E-state index contributed by atoms with van der Waals surface area (Å²) in [6.07, 6.45) is 4.48. The molecular weight excluding hydrogens is 322 g/mol. The second-order valence-electron chi connectivity index (χ2n) is 6.50. The molecule has 6 nitrogen and oxygen atoms in total. The van der Waals surface area contributed by atoms with Crippen LogP contribution in [0, 0.1) is 0 Å². The lowest BCUT2D eigenvalue weighted by atomic mass is 9.90. The van der Waals surface area contributed by atoms with Crippen molar-refractivity contribution in [2.75, 3.05) is 7.11 Å². The summed E-state index contributed by atoms with van der Waals surface area (Å²) in [5.41, 5.74) is -0.674. The molecule has 136 valence electrons. The predicted octanol–water partition coefficient (Wildman–Crippen LogP) is 2.95. The van der Waals surface area contributed by atoms with Crippen LogP contribution in [-0.4, -0.2) is 35.4 Å². The number of amides is 1. The highest BCUT2D eigenvalue weighted by atomic mass is 16.5. The lowest BCUT2D eigenvalue weighted by molar-refractivity contribution is -0.148. The van der Waals surface area contributed by atoms with Crippen molar-refractivity contribution in [1.82, 2.24) is 5.32 Å². The minimum absolute atomic E-state index is 0.0140. The minimum atomic E-state index is -1.18. The molecule has 0 aliphatic heterocycles. The van der Waals surface area contributed by atoms with Crippen LogP contribution in [0.1, 0.15) is 61.7 Å². The number of benzene rings is 1. The summed E-state index contributed by atoms with van der Waals surface area (Å²) in [5, 5.41) is 12.3. The highest BCUT2D eigenvalue weighted by Crippen LogP contribution is 2.27. The average Bonchev–Trinajstić information content (AvgIpc) is 2.86. The molecule has 0 saturated heterocycles. The summed E-state index contributed by atoms with van der Waals surface area (Å²) in [6.45, 7) is 0. The van der Waals surface area contributed by atoms with Crippen LogP contribution in [0.15, 0.2) is 24.3 Å². The van der Waals surface area contributed by atoms with Gasteiger partial charge >= 0.3 is 5.97 Å². The Balaban J connectivity index is 1.91. The fourth-order valence-electron chi connectivity index (χ4n) is 3.20. The van der Waals surface area contributed by atoms with E-state index in [0.29, 0.717) is 24.2 Å². The normalized spacial score (nSPS) is 16.5. The molecule has 25 heavy (non-hydrogen) atoms. The number of carbonyl (C=O) groups excluding carboxylic acids is 2. The average molecular weight is 347 g/mol. The summed E-state index contributed by atoms with van der Waals surface area (Å²) in [6, 6.07) is 6.70. The number of nitrogens with one attached hydrogen (secondary N) is 1. The number of Topliss-reactive ketones (excluding diaryl/α,β-unsaturated/α-hetero) is 1. The van der Waals surface area contributed by atoms with E-state index in [4.69, 9.17) is 4.74 Å². The molecule has 6 heteroatoms. The zero-order chi connectivity index (χ0) is 18.3. The number of ether oxygens (including phenoxy) is 1. The molecule has 1 fully saturated rings. The molecule has 0 bridgehead atoms. The lowest BCUT2D eigenvalue weighted by Crippen LogP contribution is -2.54. The third kappa shape index (κ3) is 5.05. The van der Waals surface area contributed by atoms with Gasteiger partial charge in [0.05, 0.1) is 7.11 Å². The van der Waals surface area contributed by atoms with E-state index in [-0.39, 0.29) is 24.5 Å². The number of carboxylic acids is 1. The van der Waals surface area contributed by atoms with Crippen LogP contribution in [0.25, 0.3) is 0 Å². The minimum Gasteiger partial charge on any atom is -0.497 e. The Hall–Kier alpha value is -2.37. The second kappa shape index (κ2) is 8.65. The molecule has 1 aliphatic rings. The number of hydrogen-bond acceptors (Lipinski definition) is 4. The standard InChI is InChI=1S/C19H25NO5/c1-25-15-8-6-14(7-9-15)16(21)10-11-17(22)20-19(18(23)24)12-4-2-3-5-13-19/h6-9H,2-5,10-13H2,1H3,(H,20,22)(H,23,24). The smallest absolute Gasteiger partial charge is 0.329 e. The summed E-state index contributed by atoms with van der Waals surface area (Å²) in [4.78, 5) is 36.1. The Morgan fingerprint density at radius 2 is 1.64 bits per heavy atom. The van der Waals surface area contributed by atoms with E-state index in [1.54, 1.807) is 31.4 Å². The summed E-state index contributed by atoms with van der Waals surface area (Å²) >= 11 is 0. The first-order valence-electron chi connectivity index (χ1n) is 8.68. The Morgan fingerprint density at radius 1 is 1.04 bits per heavy atom. The Bertz CT molecular complexity index is 615. The number of aliphatic carboxylic acids is 1. The van der Waals surface area contributed by atoms with Gasteiger partial charge in [0.25, 0.3) is 0 Å². The van der Waals surface area contributed by atoms with E-state index in [1.165, 1.54) is 0 Å². The van der Waals surface area contributed by atoms with Crippen LogP contribution in [-0.2, 0) is 9.59 Å². The van der Waals surface area contributed by atoms with Crippen molar-refractivity contribution in [1.29, 1.82) is 0 Å². The molecule has 1 saturated carbocycles. The molecular formula is C19H25NO5. The van der Waals surface area contributed by atoms with Gasteiger partial charge in [-0.05, 0) is 37.1 Å². The van der Waals surface area contributed by atoms with E-state index in [9.17, 15) is 19.5 Å². The van der Waals surface area contributed by atoms with Gasteiger partial charge in [-0.3, -0.25) is 9.59 Å². The van der Waals surface area contributed by atoms with Crippen molar-refractivity contribution in [2.45, 2.75) is 56.9 Å². The van der Waals surface area contributed by atoms with Gasteiger partial charge < -0.3 is 15.2 Å². The second-order valence-corrected chi connectivity index (χ2v) is 6.50. The topological polar surface area (TPSA) is 92.7 Å². The van der Waals surface area contributed by atoms with Crippen LogP contribution in [0.2, 0.25) is 0 Å². The molecule has 1 aromatic carbocycles.